The van der Waals surface area contributed by atoms with Gasteiger partial charge in [-0.2, -0.15) is 0 Å². The van der Waals surface area contributed by atoms with Crippen molar-refractivity contribution in [2.24, 2.45) is 0 Å². The van der Waals surface area contributed by atoms with E-state index < -0.39 is 12.0 Å². The number of carbonyl (C=O) groups is 4. The number of nitrogens with zero attached hydrogens (tertiary/aromatic N) is 1. The van der Waals surface area contributed by atoms with Gasteiger partial charge in [-0.05, 0) is 36.8 Å². The van der Waals surface area contributed by atoms with Gasteiger partial charge in [0.05, 0.1) is 23.5 Å². The second-order valence-electron chi connectivity index (χ2n) is 5.75. The SMILES string of the molecule is Cc1ccc(C(=O)COC(=O)c2ccc(CN3C(=O)CNC3=O)cc2)s1. The number of rotatable bonds is 6. The average Bonchev–Trinajstić information content (AvgIpc) is 3.20. The molecule has 2 aromatic rings. The van der Waals surface area contributed by atoms with Crippen LogP contribution in [0.5, 0.6) is 0 Å². The number of urea groups is 1. The maximum Gasteiger partial charge on any atom is 0.338 e. The summed E-state index contributed by atoms with van der Waals surface area (Å²) >= 11 is 1.35. The first kappa shape index (κ1) is 17.8. The van der Waals surface area contributed by atoms with Gasteiger partial charge in [-0.3, -0.25) is 14.5 Å². The van der Waals surface area contributed by atoms with Crippen molar-refractivity contribution in [1.29, 1.82) is 0 Å². The van der Waals surface area contributed by atoms with Gasteiger partial charge in [0.1, 0.15) is 0 Å². The van der Waals surface area contributed by atoms with Gasteiger partial charge in [0, 0.05) is 4.88 Å². The van der Waals surface area contributed by atoms with Gasteiger partial charge in [-0.15, -0.1) is 11.3 Å². The molecule has 1 fully saturated rings. The van der Waals surface area contributed by atoms with Gasteiger partial charge in [-0.1, -0.05) is 12.1 Å². The van der Waals surface area contributed by atoms with Crippen molar-refractivity contribution in [3.8, 4) is 0 Å². The van der Waals surface area contributed by atoms with Crippen LogP contribution < -0.4 is 5.32 Å². The van der Waals surface area contributed by atoms with Gasteiger partial charge >= 0.3 is 12.0 Å². The van der Waals surface area contributed by atoms with Crippen LogP contribution in [-0.2, 0) is 16.1 Å². The Hall–Kier alpha value is -3.00. The van der Waals surface area contributed by atoms with Crippen molar-refractivity contribution < 1.29 is 23.9 Å². The van der Waals surface area contributed by atoms with Crippen LogP contribution in [0, 0.1) is 6.92 Å². The summed E-state index contributed by atoms with van der Waals surface area (Å²) in [6.07, 6.45) is 0. The third-order valence-electron chi connectivity index (χ3n) is 3.82. The highest BCUT2D eigenvalue weighted by Gasteiger charge is 2.28. The van der Waals surface area contributed by atoms with Gasteiger partial charge in [-0.25, -0.2) is 9.59 Å². The minimum Gasteiger partial charge on any atom is -0.454 e. The van der Waals surface area contributed by atoms with Crippen LogP contribution in [0.4, 0.5) is 4.79 Å². The molecule has 8 heteroatoms. The number of esters is 1. The summed E-state index contributed by atoms with van der Waals surface area (Å²) in [6, 6.07) is 9.47. The molecule has 134 valence electrons. The van der Waals surface area contributed by atoms with Crippen molar-refractivity contribution in [1.82, 2.24) is 10.2 Å². The summed E-state index contributed by atoms with van der Waals surface area (Å²) in [6.45, 7) is 1.72. The molecule has 1 aliphatic rings. The molecule has 0 aliphatic carbocycles. The van der Waals surface area contributed by atoms with E-state index in [0.29, 0.717) is 16.0 Å². The topological polar surface area (TPSA) is 92.8 Å². The van der Waals surface area contributed by atoms with E-state index in [1.165, 1.54) is 23.5 Å². The minimum atomic E-state index is -0.604. The predicted molar refractivity (Wildman–Crippen MR) is 94.1 cm³/mol. The van der Waals surface area contributed by atoms with Crippen molar-refractivity contribution in [3.63, 3.8) is 0 Å². The molecule has 0 bridgehead atoms. The molecular weight excluding hydrogens is 356 g/mol. The van der Waals surface area contributed by atoms with Gasteiger partial charge in [0.15, 0.2) is 6.61 Å². The summed E-state index contributed by atoms with van der Waals surface area (Å²) < 4.78 is 5.05. The van der Waals surface area contributed by atoms with Crippen molar-refractivity contribution in [2.45, 2.75) is 13.5 Å². The molecule has 1 N–H and O–H groups in total. The van der Waals surface area contributed by atoms with Crippen LogP contribution in [-0.4, -0.2) is 41.7 Å². The zero-order chi connectivity index (χ0) is 18.7. The molecule has 3 amide bonds. The highest BCUT2D eigenvalue weighted by molar-refractivity contribution is 7.14. The molecule has 2 heterocycles. The van der Waals surface area contributed by atoms with E-state index in [1.54, 1.807) is 18.2 Å². The van der Waals surface area contributed by atoms with E-state index in [9.17, 15) is 19.2 Å². The van der Waals surface area contributed by atoms with E-state index in [0.717, 1.165) is 9.78 Å². The van der Waals surface area contributed by atoms with Crippen LogP contribution in [0.25, 0.3) is 0 Å². The van der Waals surface area contributed by atoms with Crippen LogP contribution in [0.2, 0.25) is 0 Å². The Kier molecular flexibility index (Phi) is 5.13. The molecular formula is C18H16N2O5S. The van der Waals surface area contributed by atoms with Crippen LogP contribution in [0.15, 0.2) is 36.4 Å². The molecule has 0 radical (unpaired) electrons. The number of carbonyl (C=O) groups excluding carboxylic acids is 4. The van der Waals surface area contributed by atoms with Crippen molar-refractivity contribution >= 4 is 35.0 Å². The molecule has 0 saturated carbocycles. The summed E-state index contributed by atoms with van der Waals surface area (Å²) in [7, 11) is 0. The summed E-state index contributed by atoms with van der Waals surface area (Å²) in [4.78, 5) is 49.8. The number of nitrogens with one attached hydrogen (secondary N) is 1. The number of imide groups is 1. The second-order valence-corrected chi connectivity index (χ2v) is 7.03. The van der Waals surface area contributed by atoms with Crippen molar-refractivity contribution in [3.05, 3.63) is 57.3 Å². The number of thiophene rings is 1. The Bertz CT molecular complexity index is 856. The lowest BCUT2D eigenvalue weighted by molar-refractivity contribution is -0.125. The van der Waals surface area contributed by atoms with Crippen molar-refractivity contribution in [2.75, 3.05) is 13.2 Å². The lowest BCUT2D eigenvalue weighted by Gasteiger charge is -2.12. The Morgan fingerprint density at radius 3 is 2.46 bits per heavy atom. The van der Waals surface area contributed by atoms with E-state index in [4.69, 9.17) is 4.74 Å². The molecule has 0 atom stereocenters. The van der Waals surface area contributed by atoms with E-state index in [1.807, 2.05) is 13.0 Å². The van der Waals surface area contributed by atoms with E-state index >= 15 is 0 Å². The lowest BCUT2D eigenvalue weighted by atomic mass is 10.1. The third kappa shape index (κ3) is 3.97. The summed E-state index contributed by atoms with van der Waals surface area (Å²) in [5.74, 6) is -1.14. The van der Waals surface area contributed by atoms with Gasteiger partial charge < -0.3 is 10.1 Å². The first-order chi connectivity index (χ1) is 12.4. The number of amides is 3. The largest absolute Gasteiger partial charge is 0.454 e. The molecule has 1 aliphatic heterocycles. The zero-order valence-electron chi connectivity index (χ0n) is 14.0. The standard InChI is InChI=1S/C18H16N2O5S/c1-11-2-7-15(26-11)14(21)10-25-17(23)13-5-3-12(4-6-13)9-20-16(22)8-19-18(20)24/h2-7H,8-10H2,1H3,(H,19,24). The number of aryl methyl sites for hydroxylation is 1. The quantitative estimate of drug-likeness (QED) is 0.476. The third-order valence-corrected chi connectivity index (χ3v) is 4.86. The molecule has 26 heavy (non-hydrogen) atoms. The number of hydrogen-bond acceptors (Lipinski definition) is 6. The molecule has 1 aromatic heterocycles. The first-order valence-corrected chi connectivity index (χ1v) is 8.69. The monoisotopic (exact) mass is 372 g/mol. The number of benzene rings is 1. The fourth-order valence-corrected chi connectivity index (χ4v) is 3.21. The van der Waals surface area contributed by atoms with Crippen LogP contribution in [0.1, 0.15) is 30.5 Å². The molecule has 3 rings (SSSR count). The average molecular weight is 372 g/mol. The summed E-state index contributed by atoms with van der Waals surface area (Å²) in [5.41, 5.74) is 0.998. The van der Waals surface area contributed by atoms with E-state index in [2.05, 4.69) is 5.32 Å². The number of ketones is 1. The molecule has 0 spiro atoms. The number of hydrogen-bond donors (Lipinski definition) is 1. The first-order valence-electron chi connectivity index (χ1n) is 7.88. The van der Waals surface area contributed by atoms with Gasteiger partial charge in [0.25, 0.3) is 0 Å². The van der Waals surface area contributed by atoms with Crippen LogP contribution >= 0.6 is 11.3 Å². The maximum atomic E-state index is 12.0. The lowest BCUT2D eigenvalue weighted by Crippen LogP contribution is -2.30. The smallest absolute Gasteiger partial charge is 0.338 e. The molecule has 1 aromatic carbocycles. The second kappa shape index (κ2) is 7.49. The molecule has 0 unspecified atom stereocenters. The predicted octanol–water partition coefficient (Wildman–Crippen LogP) is 2.15. The highest BCUT2D eigenvalue weighted by atomic mass is 32.1. The Morgan fingerprint density at radius 1 is 1.15 bits per heavy atom. The molecule has 1 saturated heterocycles. The maximum absolute atomic E-state index is 12.0. The Morgan fingerprint density at radius 2 is 1.88 bits per heavy atom. The fourth-order valence-electron chi connectivity index (χ4n) is 2.41. The van der Waals surface area contributed by atoms with Gasteiger partial charge in [0.2, 0.25) is 11.7 Å². The van der Waals surface area contributed by atoms with Crippen LogP contribution in [0.3, 0.4) is 0 Å². The minimum absolute atomic E-state index is 0.00103. The fraction of sp³-hybridized carbons (Fsp3) is 0.222. The molecule has 7 nitrogen and oxygen atoms in total. The Balaban J connectivity index is 1.56. The number of Topliss-reactive ketones (excluding diaryl/α,β-unsaturated/α-hetero) is 1. The Labute approximate surface area is 153 Å². The highest BCUT2D eigenvalue weighted by Crippen LogP contribution is 2.16. The van der Waals surface area contributed by atoms with E-state index in [-0.39, 0.29) is 31.4 Å². The zero-order valence-corrected chi connectivity index (χ0v) is 14.8. The summed E-state index contributed by atoms with van der Waals surface area (Å²) in [5, 5.41) is 2.44. The normalized spacial score (nSPS) is 13.7. The number of ether oxygens (including phenoxy) is 1.